The maximum absolute atomic E-state index is 13.2. The molecule has 1 aliphatic carbocycles. The van der Waals surface area contributed by atoms with Crippen LogP contribution in [-0.2, 0) is 19.1 Å². The summed E-state index contributed by atoms with van der Waals surface area (Å²) in [4.78, 5) is 30.9. The van der Waals surface area contributed by atoms with Crippen molar-refractivity contribution in [2.75, 3.05) is 19.8 Å². The summed E-state index contributed by atoms with van der Waals surface area (Å²) in [5.74, 6) is -1.29. The van der Waals surface area contributed by atoms with Crippen LogP contribution in [0, 0.1) is 11.3 Å². The Bertz CT molecular complexity index is 871. The number of nitrogens with zero attached hydrogens (tertiary/aromatic N) is 1. The summed E-state index contributed by atoms with van der Waals surface area (Å²) in [6.45, 7) is 9.04. The van der Waals surface area contributed by atoms with Gasteiger partial charge < -0.3 is 9.47 Å². The van der Waals surface area contributed by atoms with Crippen molar-refractivity contribution < 1.29 is 19.1 Å². The molecule has 0 fully saturated rings. The Morgan fingerprint density at radius 3 is 2.72 bits per heavy atom. The topological polar surface area (TPSA) is 65.0 Å². The number of ether oxygens (including phenoxy) is 2. The number of benzene rings is 1. The fourth-order valence-electron chi connectivity index (χ4n) is 4.25. The molecule has 0 bridgehead atoms. The van der Waals surface area contributed by atoms with Crippen LogP contribution in [0.15, 0.2) is 45.0 Å². The van der Waals surface area contributed by atoms with Crippen molar-refractivity contribution in [3.8, 4) is 0 Å². The van der Waals surface area contributed by atoms with Crippen molar-refractivity contribution in [3.05, 3.63) is 45.6 Å². The normalized spacial score (nSPS) is 23.5. The molecule has 1 unspecified atom stereocenters. The van der Waals surface area contributed by atoms with Gasteiger partial charge in [0.15, 0.2) is 5.78 Å². The van der Waals surface area contributed by atoms with E-state index < -0.39 is 5.92 Å². The zero-order valence-electron chi connectivity index (χ0n) is 17.5. The second-order valence-corrected chi connectivity index (χ2v) is 9.34. The maximum atomic E-state index is 13.2. The molecule has 1 aromatic carbocycles. The van der Waals surface area contributed by atoms with Gasteiger partial charge in [-0.15, -0.1) is 0 Å². The van der Waals surface area contributed by atoms with Crippen molar-refractivity contribution in [3.63, 3.8) is 0 Å². The van der Waals surface area contributed by atoms with Crippen LogP contribution < -0.4 is 0 Å². The Morgan fingerprint density at radius 1 is 1.28 bits per heavy atom. The van der Waals surface area contributed by atoms with E-state index in [0.717, 1.165) is 22.2 Å². The molecule has 2 aliphatic rings. The Balaban J connectivity index is 2.02. The largest absolute Gasteiger partial charge is 0.463 e. The van der Waals surface area contributed by atoms with E-state index in [1.165, 1.54) is 0 Å². The molecule has 1 aromatic rings. The first kappa shape index (κ1) is 21.9. The average Bonchev–Trinajstić information content (AvgIpc) is 2.63. The minimum Gasteiger partial charge on any atom is -0.463 e. The number of ketones is 1. The number of hydrogen-bond acceptors (Lipinski definition) is 5. The van der Waals surface area contributed by atoms with Crippen LogP contribution in [0.3, 0.4) is 0 Å². The van der Waals surface area contributed by atoms with Crippen molar-refractivity contribution in [2.24, 2.45) is 16.3 Å². The van der Waals surface area contributed by atoms with E-state index in [1.807, 2.05) is 38.1 Å². The number of carbonyl (C=O) groups excluding carboxylic acids is 2. The number of aliphatic imine (C=N–C) groups is 1. The highest BCUT2D eigenvalue weighted by Crippen LogP contribution is 2.48. The van der Waals surface area contributed by atoms with Crippen LogP contribution in [0.4, 0.5) is 0 Å². The summed E-state index contributed by atoms with van der Waals surface area (Å²) in [6.07, 6.45) is 1.18. The van der Waals surface area contributed by atoms with Gasteiger partial charge >= 0.3 is 5.97 Å². The molecule has 3 rings (SSSR count). The molecule has 0 N–H and O–H groups in total. The first-order valence-corrected chi connectivity index (χ1v) is 10.8. The summed E-state index contributed by atoms with van der Waals surface area (Å²) in [7, 11) is 0. The lowest BCUT2D eigenvalue weighted by Crippen LogP contribution is -2.39. The van der Waals surface area contributed by atoms with Crippen LogP contribution in [0.2, 0.25) is 0 Å². The van der Waals surface area contributed by atoms with Crippen LogP contribution in [-0.4, -0.2) is 37.3 Å². The Kier molecular flexibility index (Phi) is 6.74. The molecule has 5 nitrogen and oxygen atoms in total. The van der Waals surface area contributed by atoms with Gasteiger partial charge in [-0.25, -0.2) is 0 Å². The molecule has 0 aromatic heterocycles. The van der Waals surface area contributed by atoms with E-state index in [4.69, 9.17) is 14.5 Å². The molecule has 0 amide bonds. The number of halogens is 1. The van der Waals surface area contributed by atoms with E-state index in [9.17, 15) is 9.59 Å². The van der Waals surface area contributed by atoms with Crippen molar-refractivity contribution in [1.29, 1.82) is 0 Å². The van der Waals surface area contributed by atoms with Gasteiger partial charge in [-0.1, -0.05) is 41.9 Å². The van der Waals surface area contributed by atoms with Crippen LogP contribution in [0.25, 0.3) is 0 Å². The quantitative estimate of drug-likeness (QED) is 0.448. The third-order valence-corrected chi connectivity index (χ3v) is 5.93. The van der Waals surface area contributed by atoms with Gasteiger partial charge in [0.05, 0.1) is 6.61 Å². The summed E-state index contributed by atoms with van der Waals surface area (Å²) in [5, 5.41) is 0. The number of carbonyl (C=O) groups is 2. The highest BCUT2D eigenvalue weighted by atomic mass is 79.9. The van der Waals surface area contributed by atoms with Crippen molar-refractivity contribution in [2.45, 2.75) is 46.5 Å². The summed E-state index contributed by atoms with van der Waals surface area (Å²) < 4.78 is 11.7. The standard InChI is InChI=1S/C23H28BrNO4/c1-5-28-9-10-29-22(27)19-14(2)25-17-12-23(3,4)13-18(26)21(17)20(19)15-7-6-8-16(24)11-15/h6-8,11,19-20H,5,9-10,12-13H2,1-4H3/t19?,20-/m1/s1. The van der Waals surface area contributed by atoms with E-state index in [1.54, 1.807) is 0 Å². The first-order valence-electron chi connectivity index (χ1n) is 10.0. The van der Waals surface area contributed by atoms with Crippen molar-refractivity contribution in [1.82, 2.24) is 0 Å². The second kappa shape index (κ2) is 8.92. The molecule has 0 radical (unpaired) electrons. The molecule has 29 heavy (non-hydrogen) atoms. The summed E-state index contributed by atoms with van der Waals surface area (Å²) >= 11 is 3.52. The van der Waals surface area contributed by atoms with Gasteiger partial charge in [0.1, 0.15) is 12.5 Å². The van der Waals surface area contributed by atoms with Crippen LogP contribution >= 0.6 is 15.9 Å². The lowest BCUT2D eigenvalue weighted by molar-refractivity contribution is -0.148. The Morgan fingerprint density at radius 2 is 2.03 bits per heavy atom. The van der Waals surface area contributed by atoms with Crippen LogP contribution in [0.1, 0.15) is 52.0 Å². The highest BCUT2D eigenvalue weighted by molar-refractivity contribution is 9.10. The zero-order chi connectivity index (χ0) is 21.2. The van der Waals surface area contributed by atoms with Gasteiger partial charge in [-0.05, 0) is 43.4 Å². The molecule has 0 spiro atoms. The SMILES string of the molecule is CCOCCOC(=O)C1C(C)=NC2=C(C(=O)CC(C)(C)C2)[C@@H]1c1cccc(Br)c1. The number of hydrogen-bond donors (Lipinski definition) is 0. The third kappa shape index (κ3) is 4.86. The lowest BCUT2D eigenvalue weighted by atomic mass is 9.67. The van der Waals surface area contributed by atoms with E-state index in [2.05, 4.69) is 29.8 Å². The number of esters is 1. The second-order valence-electron chi connectivity index (χ2n) is 8.43. The van der Waals surface area contributed by atoms with E-state index >= 15 is 0 Å². The van der Waals surface area contributed by atoms with Gasteiger partial charge in [0.2, 0.25) is 0 Å². The monoisotopic (exact) mass is 461 g/mol. The van der Waals surface area contributed by atoms with E-state index in [-0.39, 0.29) is 29.7 Å². The predicted molar refractivity (Wildman–Crippen MR) is 116 cm³/mol. The van der Waals surface area contributed by atoms with Gasteiger partial charge in [-0.2, -0.15) is 0 Å². The fraction of sp³-hybridized carbons (Fsp3) is 0.522. The number of Topliss-reactive ketones (excluding diaryl/α,β-unsaturated/α-hetero) is 1. The lowest BCUT2D eigenvalue weighted by Gasteiger charge is -2.39. The van der Waals surface area contributed by atoms with Crippen LogP contribution in [0.5, 0.6) is 0 Å². The molecule has 0 saturated carbocycles. The Labute approximate surface area is 180 Å². The average molecular weight is 462 g/mol. The summed E-state index contributed by atoms with van der Waals surface area (Å²) in [6, 6.07) is 7.80. The molecule has 1 heterocycles. The van der Waals surface area contributed by atoms with Gasteiger partial charge in [-0.3, -0.25) is 14.6 Å². The maximum Gasteiger partial charge on any atom is 0.315 e. The smallest absolute Gasteiger partial charge is 0.315 e. The molecular formula is C23H28BrNO4. The Hall–Kier alpha value is -1.79. The highest BCUT2D eigenvalue weighted by Gasteiger charge is 2.46. The molecular weight excluding hydrogens is 434 g/mol. The minimum absolute atomic E-state index is 0.0737. The molecule has 156 valence electrons. The zero-order valence-corrected chi connectivity index (χ0v) is 19.0. The number of rotatable bonds is 6. The molecule has 1 aliphatic heterocycles. The first-order chi connectivity index (χ1) is 13.7. The van der Waals surface area contributed by atoms with Gasteiger partial charge in [0, 0.05) is 40.4 Å². The predicted octanol–water partition coefficient (Wildman–Crippen LogP) is 4.85. The molecule has 2 atom stereocenters. The number of allylic oxidation sites excluding steroid dienone is 2. The van der Waals surface area contributed by atoms with Crippen molar-refractivity contribution >= 4 is 33.4 Å². The summed E-state index contributed by atoms with van der Waals surface area (Å²) in [5.41, 5.74) is 2.96. The van der Waals surface area contributed by atoms with Gasteiger partial charge in [0.25, 0.3) is 0 Å². The van der Waals surface area contributed by atoms with E-state index in [0.29, 0.717) is 30.9 Å². The fourth-order valence-corrected chi connectivity index (χ4v) is 4.66. The third-order valence-electron chi connectivity index (χ3n) is 5.44. The molecule has 0 saturated heterocycles. The minimum atomic E-state index is -0.616. The molecule has 6 heteroatoms.